The molecule has 0 aromatic heterocycles. The Bertz CT molecular complexity index is 683. The van der Waals surface area contributed by atoms with Crippen LogP contribution in [0.15, 0.2) is 42.5 Å². The number of rotatable bonds is 4. The molecular formula is C15H12ClNO3. The zero-order valence-corrected chi connectivity index (χ0v) is 11.6. The van der Waals surface area contributed by atoms with E-state index in [1.807, 2.05) is 13.0 Å². The van der Waals surface area contributed by atoms with Crippen LogP contribution < -0.4 is 0 Å². The van der Waals surface area contributed by atoms with Gasteiger partial charge in [-0.2, -0.15) is 0 Å². The molecule has 4 nitrogen and oxygen atoms in total. The van der Waals surface area contributed by atoms with E-state index in [1.165, 1.54) is 6.07 Å². The Labute approximate surface area is 121 Å². The molecule has 0 unspecified atom stereocenters. The predicted octanol–water partition coefficient (Wildman–Crippen LogP) is 3.98. The lowest BCUT2D eigenvalue weighted by molar-refractivity contribution is -0.385. The molecule has 0 atom stereocenters. The van der Waals surface area contributed by atoms with Gasteiger partial charge in [0, 0.05) is 23.6 Å². The molecule has 102 valence electrons. The first-order valence-corrected chi connectivity index (χ1v) is 6.39. The van der Waals surface area contributed by atoms with Crippen LogP contribution in [0.2, 0.25) is 5.02 Å². The zero-order valence-electron chi connectivity index (χ0n) is 10.8. The van der Waals surface area contributed by atoms with E-state index in [0.717, 1.165) is 5.56 Å². The smallest absolute Gasteiger partial charge is 0.273 e. The number of hydrogen-bond acceptors (Lipinski definition) is 3. The van der Waals surface area contributed by atoms with E-state index in [0.29, 0.717) is 16.1 Å². The number of aryl methyl sites for hydroxylation is 1. The van der Waals surface area contributed by atoms with Crippen molar-refractivity contribution in [3.8, 4) is 0 Å². The van der Waals surface area contributed by atoms with Crippen LogP contribution in [0.3, 0.4) is 0 Å². The van der Waals surface area contributed by atoms with Gasteiger partial charge < -0.3 is 0 Å². The largest absolute Gasteiger partial charge is 0.294 e. The van der Waals surface area contributed by atoms with Gasteiger partial charge in [0.05, 0.1) is 9.95 Å². The average Bonchev–Trinajstić information content (AvgIpc) is 2.42. The molecule has 0 aliphatic carbocycles. The van der Waals surface area contributed by atoms with Crippen LogP contribution in [0.4, 0.5) is 5.69 Å². The highest BCUT2D eigenvalue weighted by Gasteiger charge is 2.18. The monoisotopic (exact) mass is 289 g/mol. The molecule has 0 saturated carbocycles. The van der Waals surface area contributed by atoms with Gasteiger partial charge in [0.1, 0.15) is 0 Å². The Hall–Kier alpha value is -2.20. The van der Waals surface area contributed by atoms with Crippen molar-refractivity contribution < 1.29 is 9.72 Å². The third kappa shape index (κ3) is 2.86. The second-order valence-electron chi connectivity index (χ2n) is 4.42. The summed E-state index contributed by atoms with van der Waals surface area (Å²) in [7, 11) is 0. The highest BCUT2D eigenvalue weighted by molar-refractivity contribution is 6.34. The number of halogens is 1. The van der Waals surface area contributed by atoms with Gasteiger partial charge in [0.2, 0.25) is 0 Å². The quantitative estimate of drug-likeness (QED) is 0.486. The van der Waals surface area contributed by atoms with E-state index < -0.39 is 4.92 Å². The summed E-state index contributed by atoms with van der Waals surface area (Å²) in [6.45, 7) is 1.81. The number of Topliss-reactive ketones (excluding diaryl/α,β-unsaturated/α-hetero) is 1. The molecule has 20 heavy (non-hydrogen) atoms. The van der Waals surface area contributed by atoms with Gasteiger partial charge in [-0.15, -0.1) is 0 Å². The number of para-hydroxylation sites is 1. The molecule has 0 aliphatic heterocycles. The summed E-state index contributed by atoms with van der Waals surface area (Å²) in [6.07, 6.45) is -0.0413. The summed E-state index contributed by atoms with van der Waals surface area (Å²) in [5.41, 5.74) is 1.54. The van der Waals surface area contributed by atoms with Gasteiger partial charge in [-0.3, -0.25) is 14.9 Å². The third-order valence-corrected chi connectivity index (χ3v) is 3.53. The van der Waals surface area contributed by atoms with Crippen molar-refractivity contribution in [2.75, 3.05) is 0 Å². The maximum atomic E-state index is 12.3. The maximum Gasteiger partial charge on any atom is 0.273 e. The van der Waals surface area contributed by atoms with Gasteiger partial charge in [-0.1, -0.05) is 41.9 Å². The summed E-state index contributed by atoms with van der Waals surface area (Å²) >= 11 is 6.10. The summed E-state index contributed by atoms with van der Waals surface area (Å²) in [5.74, 6) is -0.229. The average molecular weight is 290 g/mol. The fourth-order valence-corrected chi connectivity index (χ4v) is 2.20. The Morgan fingerprint density at radius 3 is 2.60 bits per heavy atom. The van der Waals surface area contributed by atoms with Gasteiger partial charge in [0.25, 0.3) is 5.69 Å². The number of hydrogen-bond donors (Lipinski definition) is 0. The molecule has 0 aliphatic rings. The van der Waals surface area contributed by atoms with Crippen LogP contribution in [0.1, 0.15) is 21.5 Å². The van der Waals surface area contributed by atoms with E-state index in [1.54, 1.807) is 30.3 Å². The SMILES string of the molecule is Cc1cccc(C(=O)Cc2ccccc2[N+](=O)[O-])c1Cl. The second kappa shape index (κ2) is 5.84. The normalized spacial score (nSPS) is 10.3. The lowest BCUT2D eigenvalue weighted by Gasteiger charge is -2.06. The molecular weight excluding hydrogens is 278 g/mol. The summed E-state index contributed by atoms with van der Waals surface area (Å²) < 4.78 is 0. The van der Waals surface area contributed by atoms with Crippen molar-refractivity contribution in [2.24, 2.45) is 0 Å². The number of nitro groups is 1. The predicted molar refractivity (Wildman–Crippen MR) is 77.3 cm³/mol. The molecule has 2 rings (SSSR count). The van der Waals surface area contributed by atoms with Crippen LogP contribution >= 0.6 is 11.6 Å². The number of nitrogens with zero attached hydrogens (tertiary/aromatic N) is 1. The van der Waals surface area contributed by atoms with Crippen molar-refractivity contribution in [3.63, 3.8) is 0 Å². The lowest BCUT2D eigenvalue weighted by atomic mass is 10.0. The number of carbonyl (C=O) groups excluding carboxylic acids is 1. The van der Waals surface area contributed by atoms with E-state index in [-0.39, 0.29) is 17.9 Å². The van der Waals surface area contributed by atoms with E-state index in [4.69, 9.17) is 11.6 Å². The van der Waals surface area contributed by atoms with E-state index in [9.17, 15) is 14.9 Å². The first-order valence-electron chi connectivity index (χ1n) is 6.01. The first kappa shape index (κ1) is 14.2. The molecule has 0 N–H and O–H groups in total. The van der Waals surface area contributed by atoms with Gasteiger partial charge in [0.15, 0.2) is 5.78 Å². The molecule has 0 amide bonds. The Morgan fingerprint density at radius 2 is 1.90 bits per heavy atom. The molecule has 0 saturated heterocycles. The standard InChI is InChI=1S/C15H12ClNO3/c1-10-5-4-7-12(15(10)16)14(18)9-11-6-2-3-8-13(11)17(19)20/h2-8H,9H2,1H3. The highest BCUT2D eigenvalue weighted by Crippen LogP contribution is 2.24. The third-order valence-electron chi connectivity index (χ3n) is 3.03. The van der Waals surface area contributed by atoms with Crippen molar-refractivity contribution in [2.45, 2.75) is 13.3 Å². The summed E-state index contributed by atoms with van der Waals surface area (Å²) in [5, 5.41) is 11.3. The molecule has 0 radical (unpaired) electrons. The number of carbonyl (C=O) groups is 1. The number of benzene rings is 2. The van der Waals surface area contributed by atoms with Gasteiger partial charge in [-0.05, 0) is 18.6 Å². The first-order chi connectivity index (χ1) is 9.50. The Morgan fingerprint density at radius 1 is 1.20 bits per heavy atom. The second-order valence-corrected chi connectivity index (χ2v) is 4.80. The Balaban J connectivity index is 2.33. The van der Waals surface area contributed by atoms with E-state index >= 15 is 0 Å². The minimum atomic E-state index is -0.486. The van der Waals surface area contributed by atoms with E-state index in [2.05, 4.69) is 0 Å². The minimum Gasteiger partial charge on any atom is -0.294 e. The molecule has 0 spiro atoms. The van der Waals surface area contributed by atoms with Crippen LogP contribution in [-0.2, 0) is 6.42 Å². The molecule has 5 heteroatoms. The van der Waals surface area contributed by atoms with Crippen molar-refractivity contribution in [1.29, 1.82) is 0 Å². The van der Waals surface area contributed by atoms with Crippen molar-refractivity contribution >= 4 is 23.1 Å². The zero-order chi connectivity index (χ0) is 14.7. The summed E-state index contributed by atoms with van der Waals surface area (Å²) in [4.78, 5) is 22.7. The van der Waals surface area contributed by atoms with Gasteiger partial charge in [-0.25, -0.2) is 0 Å². The molecule has 0 heterocycles. The summed E-state index contributed by atoms with van der Waals surface area (Å²) in [6, 6.07) is 11.4. The molecule has 0 bridgehead atoms. The van der Waals surface area contributed by atoms with Crippen LogP contribution in [-0.4, -0.2) is 10.7 Å². The highest BCUT2D eigenvalue weighted by atomic mass is 35.5. The molecule has 0 fully saturated rings. The molecule has 2 aromatic carbocycles. The van der Waals surface area contributed by atoms with Crippen molar-refractivity contribution in [3.05, 3.63) is 74.3 Å². The van der Waals surface area contributed by atoms with Crippen LogP contribution in [0, 0.1) is 17.0 Å². The van der Waals surface area contributed by atoms with Crippen LogP contribution in [0.5, 0.6) is 0 Å². The maximum absolute atomic E-state index is 12.3. The fraction of sp³-hybridized carbons (Fsp3) is 0.133. The minimum absolute atomic E-state index is 0.0413. The lowest BCUT2D eigenvalue weighted by Crippen LogP contribution is -2.07. The van der Waals surface area contributed by atoms with Crippen LogP contribution in [0.25, 0.3) is 0 Å². The fourth-order valence-electron chi connectivity index (χ4n) is 1.97. The topological polar surface area (TPSA) is 60.2 Å². The van der Waals surface area contributed by atoms with Crippen molar-refractivity contribution in [1.82, 2.24) is 0 Å². The number of ketones is 1. The molecule has 2 aromatic rings. The Kier molecular flexibility index (Phi) is 4.15. The van der Waals surface area contributed by atoms with Gasteiger partial charge >= 0.3 is 0 Å². The number of nitro benzene ring substituents is 1.